The second-order valence-corrected chi connectivity index (χ2v) is 8.79. The van der Waals surface area contributed by atoms with Gasteiger partial charge in [-0.2, -0.15) is 5.26 Å². The van der Waals surface area contributed by atoms with E-state index in [0.29, 0.717) is 36.1 Å². The van der Waals surface area contributed by atoms with Crippen molar-refractivity contribution < 1.29 is 9.90 Å². The summed E-state index contributed by atoms with van der Waals surface area (Å²) in [6.45, 7) is 3.34. The number of hydrogen-bond donors (Lipinski definition) is 3. The molecule has 0 aromatic heterocycles. The zero-order valence-corrected chi connectivity index (χ0v) is 17.6. The van der Waals surface area contributed by atoms with E-state index in [1.54, 1.807) is 0 Å². The van der Waals surface area contributed by atoms with E-state index in [4.69, 9.17) is 5.26 Å². The van der Waals surface area contributed by atoms with Gasteiger partial charge in [0.15, 0.2) is 0 Å². The first-order valence-electron chi connectivity index (χ1n) is 10.8. The Morgan fingerprint density at radius 3 is 2.55 bits per heavy atom. The molecule has 158 valence electrons. The molecule has 1 saturated carbocycles. The van der Waals surface area contributed by atoms with Crippen molar-refractivity contribution in [3.05, 3.63) is 76.0 Å². The van der Waals surface area contributed by atoms with Gasteiger partial charge >= 0.3 is 0 Å². The smallest absolute Gasteiger partial charge is 0.253 e. The number of likely N-dealkylation sites (tertiary alicyclic amines) is 1. The lowest BCUT2D eigenvalue weighted by Gasteiger charge is -2.39. The molecule has 2 aromatic carbocycles. The molecule has 3 aliphatic rings. The van der Waals surface area contributed by atoms with Gasteiger partial charge in [-0.1, -0.05) is 18.2 Å². The van der Waals surface area contributed by atoms with Crippen molar-refractivity contribution in [2.24, 2.45) is 5.92 Å². The molecule has 3 N–H and O–H groups in total. The molecule has 2 aliphatic heterocycles. The van der Waals surface area contributed by atoms with Gasteiger partial charge in [-0.25, -0.2) is 0 Å². The predicted molar refractivity (Wildman–Crippen MR) is 118 cm³/mol. The maximum Gasteiger partial charge on any atom is 0.253 e. The van der Waals surface area contributed by atoms with Crippen LogP contribution >= 0.6 is 0 Å². The summed E-state index contributed by atoms with van der Waals surface area (Å²) in [5.41, 5.74) is 6.23. The first kappa shape index (κ1) is 19.7. The lowest BCUT2D eigenvalue weighted by Crippen LogP contribution is -2.48. The van der Waals surface area contributed by atoms with Crippen LogP contribution in [0.5, 0.6) is 0 Å². The number of nitriles is 1. The highest BCUT2D eigenvalue weighted by Crippen LogP contribution is 2.36. The minimum absolute atomic E-state index is 0.0296. The number of nitrogens with zero attached hydrogens (tertiary/aromatic N) is 2. The molecule has 0 spiro atoms. The van der Waals surface area contributed by atoms with Gasteiger partial charge < -0.3 is 20.6 Å². The van der Waals surface area contributed by atoms with Crippen molar-refractivity contribution in [3.8, 4) is 6.07 Å². The van der Waals surface area contributed by atoms with Crippen LogP contribution in [-0.2, 0) is 0 Å². The van der Waals surface area contributed by atoms with Gasteiger partial charge in [-0.05, 0) is 61.1 Å². The molecule has 5 rings (SSSR count). The predicted octanol–water partition coefficient (Wildman–Crippen LogP) is 2.70. The molecule has 6 heteroatoms. The SMILES string of the molecule is Cc1ccc(C(=O)N2CC(c3ccc(C#N)cc3)C2)cc1C1=C(CO)NC(C2CC2)N1. The maximum atomic E-state index is 13.1. The summed E-state index contributed by atoms with van der Waals surface area (Å²) in [6.07, 6.45) is 2.56. The lowest BCUT2D eigenvalue weighted by atomic mass is 9.90. The van der Waals surface area contributed by atoms with Crippen LogP contribution in [0, 0.1) is 24.2 Å². The van der Waals surface area contributed by atoms with Crippen LogP contribution in [0.25, 0.3) is 5.70 Å². The fourth-order valence-corrected chi connectivity index (χ4v) is 4.46. The molecule has 1 aliphatic carbocycles. The van der Waals surface area contributed by atoms with Gasteiger partial charge in [0.2, 0.25) is 0 Å². The van der Waals surface area contributed by atoms with Gasteiger partial charge in [0.05, 0.1) is 35.8 Å². The minimum Gasteiger partial charge on any atom is -0.390 e. The van der Waals surface area contributed by atoms with Crippen LogP contribution in [0.2, 0.25) is 0 Å². The highest BCUT2D eigenvalue weighted by atomic mass is 16.3. The second-order valence-electron chi connectivity index (χ2n) is 8.79. The monoisotopic (exact) mass is 414 g/mol. The van der Waals surface area contributed by atoms with Gasteiger partial charge in [0, 0.05) is 30.1 Å². The summed E-state index contributed by atoms with van der Waals surface area (Å²) in [7, 11) is 0. The molecular formula is C25H26N4O2. The Morgan fingerprint density at radius 2 is 1.90 bits per heavy atom. The molecule has 2 fully saturated rings. The number of aryl methyl sites for hydroxylation is 1. The van der Waals surface area contributed by atoms with Gasteiger partial charge in [-0.15, -0.1) is 0 Å². The average molecular weight is 415 g/mol. The fourth-order valence-electron chi connectivity index (χ4n) is 4.46. The Morgan fingerprint density at radius 1 is 1.16 bits per heavy atom. The second kappa shape index (κ2) is 7.75. The van der Waals surface area contributed by atoms with E-state index >= 15 is 0 Å². The Hall–Kier alpha value is -3.30. The lowest BCUT2D eigenvalue weighted by molar-refractivity contribution is 0.0602. The number of benzene rings is 2. The quantitative estimate of drug-likeness (QED) is 0.700. The number of carbonyl (C=O) groups excluding carboxylic acids is 1. The third-order valence-corrected chi connectivity index (χ3v) is 6.62. The van der Waals surface area contributed by atoms with Crippen LogP contribution < -0.4 is 10.6 Å². The summed E-state index contributed by atoms with van der Waals surface area (Å²) in [6, 6.07) is 15.6. The topological polar surface area (TPSA) is 88.4 Å². The van der Waals surface area contributed by atoms with E-state index in [0.717, 1.165) is 28.1 Å². The summed E-state index contributed by atoms with van der Waals surface area (Å²) in [5.74, 6) is 0.941. The molecule has 1 amide bonds. The zero-order chi connectivity index (χ0) is 21.5. The van der Waals surface area contributed by atoms with E-state index < -0.39 is 0 Å². The summed E-state index contributed by atoms with van der Waals surface area (Å²) >= 11 is 0. The highest BCUT2D eigenvalue weighted by molar-refractivity contribution is 5.96. The van der Waals surface area contributed by atoms with E-state index in [1.165, 1.54) is 12.8 Å². The van der Waals surface area contributed by atoms with Crippen molar-refractivity contribution in [2.75, 3.05) is 19.7 Å². The van der Waals surface area contributed by atoms with Crippen LogP contribution in [-0.4, -0.2) is 41.8 Å². The number of nitrogens with one attached hydrogen (secondary N) is 2. The van der Waals surface area contributed by atoms with Crippen LogP contribution in [0.15, 0.2) is 48.2 Å². The number of carbonyl (C=O) groups is 1. The minimum atomic E-state index is -0.0540. The number of aliphatic hydroxyl groups excluding tert-OH is 1. The third kappa shape index (κ3) is 3.66. The van der Waals surface area contributed by atoms with Crippen molar-refractivity contribution in [2.45, 2.75) is 31.8 Å². The Kier molecular flexibility index (Phi) is 4.91. The standard InChI is InChI=1S/C25H26N4O2/c1-15-2-5-19(10-21(15)23-22(14-30)27-24(28-23)18-8-9-18)25(31)29-12-20(13-29)17-6-3-16(11-26)4-7-17/h2-7,10,18,20,24,27-28,30H,8-9,12-14H2,1H3. The summed E-state index contributed by atoms with van der Waals surface area (Å²) in [4.78, 5) is 15.0. The molecular weight excluding hydrogens is 388 g/mol. The zero-order valence-electron chi connectivity index (χ0n) is 17.6. The van der Waals surface area contributed by atoms with Gasteiger partial charge in [0.1, 0.15) is 0 Å². The molecule has 31 heavy (non-hydrogen) atoms. The highest BCUT2D eigenvalue weighted by Gasteiger charge is 2.37. The Balaban J connectivity index is 1.31. The number of hydrogen-bond acceptors (Lipinski definition) is 5. The van der Waals surface area contributed by atoms with Gasteiger partial charge in [0.25, 0.3) is 5.91 Å². The Bertz CT molecular complexity index is 1090. The third-order valence-electron chi connectivity index (χ3n) is 6.62. The molecule has 0 bridgehead atoms. The van der Waals surface area contributed by atoms with Crippen LogP contribution in [0.1, 0.15) is 51.4 Å². The molecule has 0 radical (unpaired) electrons. The van der Waals surface area contributed by atoms with Gasteiger partial charge in [-0.3, -0.25) is 4.79 Å². The molecule has 2 aromatic rings. The van der Waals surface area contributed by atoms with E-state index in [9.17, 15) is 9.90 Å². The molecule has 6 nitrogen and oxygen atoms in total. The first-order valence-corrected chi connectivity index (χ1v) is 10.8. The molecule has 2 heterocycles. The summed E-state index contributed by atoms with van der Waals surface area (Å²) in [5, 5.41) is 25.7. The van der Waals surface area contributed by atoms with Crippen molar-refractivity contribution in [1.82, 2.24) is 15.5 Å². The van der Waals surface area contributed by atoms with Crippen LogP contribution in [0.4, 0.5) is 0 Å². The van der Waals surface area contributed by atoms with E-state index in [2.05, 4.69) is 16.7 Å². The average Bonchev–Trinajstić information content (AvgIpc) is 3.52. The Labute approximate surface area is 182 Å². The summed E-state index contributed by atoms with van der Waals surface area (Å²) < 4.78 is 0. The maximum absolute atomic E-state index is 13.1. The normalized spacial score (nSPS) is 20.7. The first-order chi connectivity index (χ1) is 15.1. The number of rotatable bonds is 5. The number of amides is 1. The molecule has 1 unspecified atom stereocenters. The molecule has 1 atom stereocenters. The van der Waals surface area contributed by atoms with Crippen LogP contribution in [0.3, 0.4) is 0 Å². The fraction of sp³-hybridized carbons (Fsp3) is 0.360. The molecule has 1 saturated heterocycles. The van der Waals surface area contributed by atoms with Crippen molar-refractivity contribution in [1.29, 1.82) is 5.26 Å². The van der Waals surface area contributed by atoms with E-state index in [1.807, 2.05) is 54.3 Å². The van der Waals surface area contributed by atoms with Crippen molar-refractivity contribution in [3.63, 3.8) is 0 Å². The largest absolute Gasteiger partial charge is 0.390 e. The van der Waals surface area contributed by atoms with E-state index in [-0.39, 0.29) is 18.7 Å². The number of aliphatic hydroxyl groups is 1. The van der Waals surface area contributed by atoms with Crippen molar-refractivity contribution >= 4 is 11.6 Å².